The van der Waals surface area contributed by atoms with Crippen LogP contribution in [0.15, 0.2) is 35.7 Å². The van der Waals surface area contributed by atoms with Crippen LogP contribution in [0.2, 0.25) is 0 Å². The molecule has 0 aromatic heterocycles. The first-order chi connectivity index (χ1) is 14.7. The molecule has 0 atom stereocenters. The van der Waals surface area contributed by atoms with Crippen LogP contribution in [0.5, 0.6) is 5.75 Å². The molecule has 0 aliphatic heterocycles. The molecule has 1 aromatic carbocycles. The van der Waals surface area contributed by atoms with Crippen LogP contribution in [0.25, 0.3) is 5.57 Å². The van der Waals surface area contributed by atoms with Crippen LogP contribution < -0.4 is 10.5 Å². The van der Waals surface area contributed by atoms with Crippen LogP contribution in [0.3, 0.4) is 0 Å². The third kappa shape index (κ3) is 5.22. The molecule has 0 radical (unpaired) electrons. The van der Waals surface area contributed by atoms with Gasteiger partial charge in [-0.2, -0.15) is 12.6 Å². The van der Waals surface area contributed by atoms with E-state index in [-0.39, 0.29) is 22.9 Å². The summed E-state index contributed by atoms with van der Waals surface area (Å²) in [4.78, 5) is 0. The first-order valence-electron chi connectivity index (χ1n) is 11.8. The van der Waals surface area contributed by atoms with Gasteiger partial charge in [-0.25, -0.2) is 4.39 Å². The highest BCUT2D eigenvalue weighted by atomic mass is 32.1. The summed E-state index contributed by atoms with van der Waals surface area (Å²) in [5, 5.41) is 0. The number of ether oxygens (including phenoxy) is 1. The zero-order valence-electron chi connectivity index (χ0n) is 19.9. The molecule has 3 aliphatic rings. The summed E-state index contributed by atoms with van der Waals surface area (Å²) in [6.07, 6.45) is 12.4. The van der Waals surface area contributed by atoms with E-state index >= 15 is 0 Å². The number of thiol groups is 1. The summed E-state index contributed by atoms with van der Waals surface area (Å²) in [6.45, 7) is 8.53. The van der Waals surface area contributed by atoms with E-state index in [9.17, 15) is 4.39 Å². The highest BCUT2D eigenvalue weighted by Gasteiger charge is 2.37. The Kier molecular flexibility index (Phi) is 7.63. The van der Waals surface area contributed by atoms with E-state index in [4.69, 9.17) is 10.5 Å². The quantitative estimate of drug-likeness (QED) is 0.448. The van der Waals surface area contributed by atoms with Gasteiger partial charge in [-0.05, 0) is 99.8 Å². The fourth-order valence-corrected chi connectivity index (χ4v) is 4.59. The molecule has 0 bridgehead atoms. The Hall–Kier alpha value is -1.26. The van der Waals surface area contributed by atoms with E-state index in [0.29, 0.717) is 12.3 Å². The molecule has 2 saturated carbocycles. The molecule has 2 fully saturated rings. The fraction of sp³-hybridized carbons (Fsp3) is 0.630. The number of benzene rings is 1. The molecule has 0 amide bonds. The number of rotatable bonds is 6. The summed E-state index contributed by atoms with van der Waals surface area (Å²) < 4.78 is 21.4. The van der Waals surface area contributed by atoms with Gasteiger partial charge in [0.05, 0.1) is 6.10 Å². The Morgan fingerprint density at radius 3 is 2.26 bits per heavy atom. The van der Waals surface area contributed by atoms with Crippen molar-refractivity contribution < 1.29 is 9.13 Å². The molecule has 0 heterocycles. The van der Waals surface area contributed by atoms with E-state index in [0.717, 1.165) is 54.6 Å². The first kappa shape index (κ1) is 24.4. The lowest BCUT2D eigenvalue weighted by Crippen LogP contribution is -2.50. The minimum atomic E-state index is -0.376. The summed E-state index contributed by atoms with van der Waals surface area (Å²) in [5.41, 5.74) is 10.2. The molecule has 2 N–H and O–H groups in total. The zero-order valence-corrected chi connectivity index (χ0v) is 20.8. The maximum Gasteiger partial charge on any atom is 0.127 e. The standard InChI is InChI=1S/C26H36FNO.CH4S/c1-25(2,26(3,4)28)18-14-15-23(29-19-8-5-6-9-19)21(16-18)20-10-7-11-22(27)24(20)17-12-13-17;1-2/h10,14-17,19H,5-9,11-13,28H2,1-4H3;2H,1H3. The normalized spacial score (nSPS) is 20.3. The van der Waals surface area contributed by atoms with Crippen molar-refractivity contribution in [2.24, 2.45) is 11.7 Å². The summed E-state index contributed by atoms with van der Waals surface area (Å²) in [5.74, 6) is 1.37. The van der Waals surface area contributed by atoms with E-state index in [2.05, 4.69) is 64.6 Å². The summed E-state index contributed by atoms with van der Waals surface area (Å²) in [6, 6.07) is 6.49. The second-order valence-electron chi connectivity index (χ2n) is 10.3. The van der Waals surface area contributed by atoms with Crippen LogP contribution in [-0.4, -0.2) is 17.9 Å². The van der Waals surface area contributed by atoms with Crippen molar-refractivity contribution >= 4 is 18.2 Å². The van der Waals surface area contributed by atoms with Crippen molar-refractivity contribution in [3.63, 3.8) is 0 Å². The topological polar surface area (TPSA) is 35.2 Å². The number of allylic oxidation sites excluding steroid dienone is 4. The first-order valence-corrected chi connectivity index (χ1v) is 12.7. The molecule has 172 valence electrons. The Labute approximate surface area is 193 Å². The van der Waals surface area contributed by atoms with Crippen molar-refractivity contribution in [1.82, 2.24) is 0 Å². The predicted molar refractivity (Wildman–Crippen MR) is 134 cm³/mol. The fourth-order valence-electron chi connectivity index (χ4n) is 4.59. The van der Waals surface area contributed by atoms with Crippen molar-refractivity contribution in [2.45, 2.75) is 96.1 Å². The maximum absolute atomic E-state index is 14.9. The SMILES string of the molecule is CC(C)(N)C(C)(C)c1ccc(OC2CCCC2)c(C2=CCCC(F)=C2C2CC2)c1.CS. The van der Waals surface area contributed by atoms with Gasteiger partial charge in [-0.3, -0.25) is 0 Å². The Balaban J connectivity index is 0.00000132. The lowest BCUT2D eigenvalue weighted by Gasteiger charge is -2.39. The van der Waals surface area contributed by atoms with Gasteiger partial charge >= 0.3 is 0 Å². The number of nitrogens with two attached hydrogens (primary N) is 1. The largest absolute Gasteiger partial charge is 0.490 e. The molecule has 31 heavy (non-hydrogen) atoms. The van der Waals surface area contributed by atoms with Gasteiger partial charge < -0.3 is 10.5 Å². The van der Waals surface area contributed by atoms with E-state index < -0.39 is 0 Å². The lowest BCUT2D eigenvalue weighted by atomic mass is 9.69. The number of hydrogen-bond acceptors (Lipinski definition) is 3. The van der Waals surface area contributed by atoms with Crippen LogP contribution >= 0.6 is 12.6 Å². The van der Waals surface area contributed by atoms with Gasteiger partial charge in [0.15, 0.2) is 0 Å². The van der Waals surface area contributed by atoms with E-state index in [1.165, 1.54) is 18.4 Å². The number of halogens is 1. The Bertz CT molecular complexity index is 839. The minimum Gasteiger partial charge on any atom is -0.490 e. The molecular weight excluding hydrogens is 405 g/mol. The Morgan fingerprint density at radius 2 is 1.68 bits per heavy atom. The minimum absolute atomic E-state index is 0.0839. The molecule has 4 heteroatoms. The highest BCUT2D eigenvalue weighted by Crippen LogP contribution is 2.50. The molecule has 3 aliphatic carbocycles. The smallest absolute Gasteiger partial charge is 0.127 e. The van der Waals surface area contributed by atoms with E-state index in [1.54, 1.807) is 6.26 Å². The average molecular weight is 446 g/mol. The molecule has 4 rings (SSSR count). The molecule has 0 unspecified atom stereocenters. The number of hydrogen-bond donors (Lipinski definition) is 2. The van der Waals surface area contributed by atoms with Gasteiger partial charge in [-0.15, -0.1) is 0 Å². The second kappa shape index (κ2) is 9.70. The monoisotopic (exact) mass is 445 g/mol. The highest BCUT2D eigenvalue weighted by molar-refractivity contribution is 7.79. The van der Waals surface area contributed by atoms with Gasteiger partial charge in [0.1, 0.15) is 11.6 Å². The predicted octanol–water partition coefficient (Wildman–Crippen LogP) is 7.38. The average Bonchev–Trinajstić information content (AvgIpc) is 3.44. The Morgan fingerprint density at radius 1 is 1.03 bits per heavy atom. The van der Waals surface area contributed by atoms with Crippen LogP contribution in [0.4, 0.5) is 4.39 Å². The van der Waals surface area contributed by atoms with Gasteiger partial charge in [0.25, 0.3) is 0 Å². The second-order valence-corrected chi connectivity index (χ2v) is 10.3. The van der Waals surface area contributed by atoms with Crippen LogP contribution in [0.1, 0.15) is 90.2 Å². The van der Waals surface area contributed by atoms with Crippen molar-refractivity contribution in [1.29, 1.82) is 0 Å². The van der Waals surface area contributed by atoms with Crippen molar-refractivity contribution in [3.8, 4) is 5.75 Å². The third-order valence-corrected chi connectivity index (χ3v) is 7.48. The summed E-state index contributed by atoms with van der Waals surface area (Å²) in [7, 11) is 0. The third-order valence-electron chi connectivity index (χ3n) is 7.48. The molecular formula is C27H40FNOS. The van der Waals surface area contributed by atoms with Gasteiger partial charge in [0.2, 0.25) is 0 Å². The molecule has 1 aromatic rings. The zero-order chi connectivity index (χ0) is 22.8. The maximum atomic E-state index is 14.9. The summed E-state index contributed by atoms with van der Waals surface area (Å²) >= 11 is 3.53. The van der Waals surface area contributed by atoms with Crippen molar-refractivity contribution in [3.05, 3.63) is 46.8 Å². The van der Waals surface area contributed by atoms with Gasteiger partial charge in [0, 0.05) is 22.9 Å². The molecule has 2 nitrogen and oxygen atoms in total. The molecule has 0 saturated heterocycles. The lowest BCUT2D eigenvalue weighted by molar-refractivity contribution is 0.209. The molecule has 0 spiro atoms. The van der Waals surface area contributed by atoms with Gasteiger partial charge in [-0.1, -0.05) is 26.0 Å². The van der Waals surface area contributed by atoms with E-state index in [1.807, 2.05) is 0 Å². The van der Waals surface area contributed by atoms with Crippen molar-refractivity contribution in [2.75, 3.05) is 6.26 Å². The van der Waals surface area contributed by atoms with Crippen LogP contribution in [-0.2, 0) is 5.41 Å². The van der Waals surface area contributed by atoms with Crippen LogP contribution in [0, 0.1) is 5.92 Å².